The van der Waals surface area contributed by atoms with Crippen molar-refractivity contribution >= 4 is 0 Å². The number of aliphatic hydroxyl groups is 1. The van der Waals surface area contributed by atoms with Crippen molar-refractivity contribution in [2.24, 2.45) is 0 Å². The van der Waals surface area contributed by atoms with Crippen LogP contribution in [0.3, 0.4) is 0 Å². The Morgan fingerprint density at radius 2 is 1.69 bits per heavy atom. The van der Waals surface area contributed by atoms with Crippen LogP contribution < -0.4 is 10.2 Å². The molecule has 0 bridgehead atoms. The van der Waals surface area contributed by atoms with Gasteiger partial charge in [0.2, 0.25) is 5.43 Å². The lowest BCUT2D eigenvalue weighted by atomic mass is 10.1. The van der Waals surface area contributed by atoms with Crippen LogP contribution in [0.5, 0.6) is 5.75 Å². The molecule has 0 saturated heterocycles. The topological polar surface area (TPSA) is 51.5 Å². The summed E-state index contributed by atoms with van der Waals surface area (Å²) in [5, 5.41) is 10.5. The van der Waals surface area contributed by atoms with E-state index in [-0.39, 0.29) is 5.43 Å². The van der Waals surface area contributed by atoms with E-state index in [9.17, 15) is 9.90 Å². The number of nitrogens with zero attached hydrogens (tertiary/aromatic N) is 1. The first-order valence-corrected chi connectivity index (χ1v) is 8.66. The maximum absolute atomic E-state index is 12.2. The molecule has 3 aromatic rings. The van der Waals surface area contributed by atoms with Crippen molar-refractivity contribution in [3.8, 4) is 5.75 Å². The van der Waals surface area contributed by atoms with Gasteiger partial charge in [-0.3, -0.25) is 4.79 Å². The van der Waals surface area contributed by atoms with E-state index in [1.807, 2.05) is 73.0 Å². The first kappa shape index (κ1) is 18.0. The maximum atomic E-state index is 12.2. The third-order valence-electron chi connectivity index (χ3n) is 4.45. The van der Waals surface area contributed by atoms with E-state index in [1.165, 1.54) is 6.07 Å². The molecule has 0 aliphatic carbocycles. The number of hydrogen-bond donors (Lipinski definition) is 1. The Bertz CT molecular complexity index is 914. The van der Waals surface area contributed by atoms with Crippen LogP contribution in [0.4, 0.5) is 0 Å². The van der Waals surface area contributed by atoms with Gasteiger partial charge in [-0.15, -0.1) is 0 Å². The van der Waals surface area contributed by atoms with Gasteiger partial charge < -0.3 is 14.4 Å². The number of pyridine rings is 1. The van der Waals surface area contributed by atoms with Gasteiger partial charge in [0, 0.05) is 12.3 Å². The molecule has 1 N–H and O–H groups in total. The maximum Gasteiger partial charge on any atom is 0.223 e. The predicted molar refractivity (Wildman–Crippen MR) is 102 cm³/mol. The molecule has 0 spiro atoms. The summed E-state index contributed by atoms with van der Waals surface area (Å²) in [4.78, 5) is 12.2. The second-order valence-electron chi connectivity index (χ2n) is 6.45. The molecule has 4 nitrogen and oxygen atoms in total. The number of ether oxygens (including phenoxy) is 1. The van der Waals surface area contributed by atoms with E-state index in [0.717, 1.165) is 16.7 Å². The molecular formula is C22H23NO3. The van der Waals surface area contributed by atoms with Crippen molar-refractivity contribution in [1.82, 2.24) is 4.57 Å². The third-order valence-corrected chi connectivity index (χ3v) is 4.45. The second-order valence-corrected chi connectivity index (χ2v) is 6.45. The molecule has 4 heteroatoms. The Morgan fingerprint density at radius 1 is 1.00 bits per heavy atom. The zero-order valence-electron chi connectivity index (χ0n) is 15.1. The minimum Gasteiger partial charge on any atom is -0.483 e. The van der Waals surface area contributed by atoms with Crippen LogP contribution in [0.15, 0.2) is 71.7 Å². The molecule has 2 aromatic carbocycles. The summed E-state index contributed by atoms with van der Waals surface area (Å²) in [5.41, 5.74) is 3.55. The van der Waals surface area contributed by atoms with Gasteiger partial charge in [-0.05, 0) is 25.0 Å². The summed E-state index contributed by atoms with van der Waals surface area (Å²) in [7, 11) is 0. The van der Waals surface area contributed by atoms with E-state index >= 15 is 0 Å². The molecule has 1 atom stereocenters. The molecule has 0 amide bonds. The highest BCUT2D eigenvalue weighted by Gasteiger charge is 2.13. The van der Waals surface area contributed by atoms with Crippen molar-refractivity contribution in [3.05, 3.63) is 99.5 Å². The van der Waals surface area contributed by atoms with Crippen LogP contribution >= 0.6 is 0 Å². The average Bonchev–Trinajstić information content (AvgIpc) is 2.65. The van der Waals surface area contributed by atoms with Crippen molar-refractivity contribution in [2.75, 3.05) is 0 Å². The highest BCUT2D eigenvalue weighted by Crippen LogP contribution is 2.19. The molecule has 26 heavy (non-hydrogen) atoms. The quantitative estimate of drug-likeness (QED) is 0.737. The fourth-order valence-corrected chi connectivity index (χ4v) is 2.84. The molecule has 0 radical (unpaired) electrons. The molecule has 0 aliphatic rings. The number of aliphatic hydroxyl groups excluding tert-OH is 1. The number of rotatable bonds is 6. The summed E-state index contributed by atoms with van der Waals surface area (Å²) < 4.78 is 7.64. The van der Waals surface area contributed by atoms with Crippen LogP contribution in [0.1, 0.15) is 28.5 Å². The SMILES string of the molecule is Cc1ccc([C@H](O)Cn2ccc(=O)c(OCc3ccccc3)c2C)cc1. The van der Waals surface area contributed by atoms with Crippen LogP contribution in [0.2, 0.25) is 0 Å². The summed E-state index contributed by atoms with van der Waals surface area (Å²) >= 11 is 0. The van der Waals surface area contributed by atoms with Crippen LogP contribution in [-0.4, -0.2) is 9.67 Å². The molecule has 0 unspecified atom stereocenters. The highest BCUT2D eigenvalue weighted by molar-refractivity contribution is 5.29. The summed E-state index contributed by atoms with van der Waals surface area (Å²) in [6, 6.07) is 19.0. The normalized spacial score (nSPS) is 12.0. The standard InChI is InChI=1S/C22H23NO3/c1-16-8-10-19(11-9-16)21(25)14-23-13-12-20(24)22(17(23)2)26-15-18-6-4-3-5-7-18/h3-13,21,25H,14-15H2,1-2H3/t21-/m1/s1. The molecule has 0 saturated carbocycles. The molecule has 3 rings (SSSR count). The van der Waals surface area contributed by atoms with Crippen molar-refractivity contribution < 1.29 is 9.84 Å². The van der Waals surface area contributed by atoms with Crippen LogP contribution in [0, 0.1) is 13.8 Å². The van der Waals surface area contributed by atoms with Gasteiger partial charge in [-0.2, -0.15) is 0 Å². The summed E-state index contributed by atoms with van der Waals surface area (Å²) in [5.74, 6) is 0.326. The van der Waals surface area contributed by atoms with E-state index in [0.29, 0.717) is 24.6 Å². The Balaban J connectivity index is 1.78. The lowest BCUT2D eigenvalue weighted by Gasteiger charge is -2.18. The van der Waals surface area contributed by atoms with Crippen LogP contribution in [0.25, 0.3) is 0 Å². The average molecular weight is 349 g/mol. The van der Waals surface area contributed by atoms with Gasteiger partial charge in [-0.1, -0.05) is 60.2 Å². The van der Waals surface area contributed by atoms with E-state index in [2.05, 4.69) is 0 Å². The smallest absolute Gasteiger partial charge is 0.223 e. The minimum atomic E-state index is -0.654. The Hall–Kier alpha value is -2.85. The van der Waals surface area contributed by atoms with Crippen LogP contribution in [-0.2, 0) is 13.2 Å². The predicted octanol–water partition coefficient (Wildman–Crippen LogP) is 3.78. The molecule has 1 aromatic heterocycles. The molecule has 1 heterocycles. The molecule has 0 aliphatic heterocycles. The number of benzene rings is 2. The van der Waals surface area contributed by atoms with Crippen molar-refractivity contribution in [3.63, 3.8) is 0 Å². The van der Waals surface area contributed by atoms with E-state index in [4.69, 9.17) is 4.74 Å². The Morgan fingerprint density at radius 3 is 2.38 bits per heavy atom. The first-order chi connectivity index (χ1) is 12.5. The largest absolute Gasteiger partial charge is 0.483 e. The van der Waals surface area contributed by atoms with E-state index in [1.54, 1.807) is 6.20 Å². The van der Waals surface area contributed by atoms with Gasteiger partial charge in [0.05, 0.1) is 18.3 Å². The minimum absolute atomic E-state index is 0.153. The Kier molecular flexibility index (Phi) is 5.54. The Labute approximate surface area is 153 Å². The summed E-state index contributed by atoms with van der Waals surface area (Å²) in [6.07, 6.45) is 1.04. The van der Waals surface area contributed by atoms with Crippen molar-refractivity contribution in [1.29, 1.82) is 0 Å². The zero-order chi connectivity index (χ0) is 18.5. The van der Waals surface area contributed by atoms with Crippen molar-refractivity contribution in [2.45, 2.75) is 33.1 Å². The van der Waals surface area contributed by atoms with Gasteiger partial charge in [-0.25, -0.2) is 0 Å². The number of aryl methyl sites for hydroxylation is 1. The van der Waals surface area contributed by atoms with Gasteiger partial charge >= 0.3 is 0 Å². The highest BCUT2D eigenvalue weighted by atomic mass is 16.5. The first-order valence-electron chi connectivity index (χ1n) is 8.66. The summed E-state index contributed by atoms with van der Waals surface area (Å²) in [6.45, 7) is 4.54. The number of aromatic nitrogens is 1. The van der Waals surface area contributed by atoms with Gasteiger partial charge in [0.15, 0.2) is 5.75 Å². The monoisotopic (exact) mass is 349 g/mol. The lowest BCUT2D eigenvalue weighted by Crippen LogP contribution is -2.17. The van der Waals surface area contributed by atoms with Gasteiger partial charge in [0.1, 0.15) is 6.61 Å². The number of hydrogen-bond acceptors (Lipinski definition) is 3. The van der Waals surface area contributed by atoms with E-state index < -0.39 is 6.10 Å². The third kappa shape index (κ3) is 4.21. The fourth-order valence-electron chi connectivity index (χ4n) is 2.84. The molecular weight excluding hydrogens is 326 g/mol. The fraction of sp³-hybridized carbons (Fsp3) is 0.227. The molecule has 134 valence electrons. The van der Waals surface area contributed by atoms with Gasteiger partial charge in [0.25, 0.3) is 0 Å². The molecule has 0 fully saturated rings. The second kappa shape index (κ2) is 8.02. The lowest BCUT2D eigenvalue weighted by molar-refractivity contribution is 0.154. The zero-order valence-corrected chi connectivity index (χ0v) is 15.1.